The Hall–Kier alpha value is -3.07. The summed E-state index contributed by atoms with van der Waals surface area (Å²) < 4.78 is 13.4. The number of hydrogen-bond donors (Lipinski definition) is 2. The van der Waals surface area contributed by atoms with Gasteiger partial charge in [-0.25, -0.2) is 14.2 Å². The number of amides is 2. The van der Waals surface area contributed by atoms with Crippen LogP contribution in [0.2, 0.25) is 0 Å². The van der Waals surface area contributed by atoms with E-state index in [4.69, 9.17) is 5.73 Å². The SMILES string of the molecule is Cc1nnc(CC2CN(C(=O)Nc3nc(-c4ccc(F)cc4C)ccc3N)C2)s1. The predicted molar refractivity (Wildman–Crippen MR) is 111 cm³/mol. The molecule has 1 fully saturated rings. The molecule has 2 aromatic heterocycles. The van der Waals surface area contributed by atoms with E-state index in [0.29, 0.717) is 36.2 Å². The molecule has 150 valence electrons. The molecule has 3 aromatic rings. The lowest BCUT2D eigenvalue weighted by Crippen LogP contribution is -2.52. The number of nitrogens with two attached hydrogens (primary N) is 1. The van der Waals surface area contributed by atoms with E-state index in [-0.39, 0.29) is 11.8 Å². The largest absolute Gasteiger partial charge is 0.396 e. The van der Waals surface area contributed by atoms with Gasteiger partial charge < -0.3 is 10.6 Å². The Bertz CT molecular complexity index is 1060. The molecule has 4 rings (SSSR count). The van der Waals surface area contributed by atoms with Gasteiger partial charge in [-0.3, -0.25) is 5.32 Å². The third-order valence-electron chi connectivity index (χ3n) is 4.89. The molecule has 0 atom stereocenters. The first-order valence-electron chi connectivity index (χ1n) is 9.27. The lowest BCUT2D eigenvalue weighted by molar-refractivity contribution is 0.131. The van der Waals surface area contributed by atoms with Gasteiger partial charge in [0.05, 0.1) is 11.4 Å². The second-order valence-electron chi connectivity index (χ2n) is 7.21. The molecule has 9 heteroatoms. The number of halogens is 1. The van der Waals surface area contributed by atoms with Crippen molar-refractivity contribution in [3.63, 3.8) is 0 Å². The molecule has 7 nitrogen and oxygen atoms in total. The fourth-order valence-electron chi connectivity index (χ4n) is 3.35. The van der Waals surface area contributed by atoms with Gasteiger partial charge in [0.25, 0.3) is 0 Å². The molecule has 0 saturated carbocycles. The summed E-state index contributed by atoms with van der Waals surface area (Å²) in [6.45, 7) is 5.05. The molecule has 2 amide bonds. The summed E-state index contributed by atoms with van der Waals surface area (Å²) in [5.41, 5.74) is 8.55. The fraction of sp³-hybridized carbons (Fsp3) is 0.300. The number of aryl methyl sites for hydroxylation is 2. The van der Waals surface area contributed by atoms with E-state index >= 15 is 0 Å². The number of nitrogens with zero attached hydrogens (tertiary/aromatic N) is 4. The summed E-state index contributed by atoms with van der Waals surface area (Å²) in [6.07, 6.45) is 0.828. The molecule has 3 heterocycles. The molecule has 1 aliphatic heterocycles. The molecular weight excluding hydrogens is 391 g/mol. The van der Waals surface area contributed by atoms with Crippen LogP contribution in [0, 0.1) is 25.6 Å². The lowest BCUT2D eigenvalue weighted by atomic mass is 9.97. The Balaban J connectivity index is 1.41. The number of carbonyl (C=O) groups is 1. The van der Waals surface area contributed by atoms with Crippen LogP contribution in [0.25, 0.3) is 11.3 Å². The van der Waals surface area contributed by atoms with Gasteiger partial charge in [-0.15, -0.1) is 21.5 Å². The van der Waals surface area contributed by atoms with Crippen molar-refractivity contribution in [2.75, 3.05) is 24.1 Å². The molecule has 0 unspecified atom stereocenters. The van der Waals surface area contributed by atoms with Gasteiger partial charge in [0.2, 0.25) is 0 Å². The van der Waals surface area contributed by atoms with Crippen LogP contribution in [-0.2, 0) is 6.42 Å². The zero-order valence-electron chi connectivity index (χ0n) is 16.1. The summed E-state index contributed by atoms with van der Waals surface area (Å²) in [5, 5.41) is 12.9. The molecule has 0 radical (unpaired) electrons. The maximum atomic E-state index is 13.4. The molecule has 0 spiro atoms. The highest BCUT2D eigenvalue weighted by molar-refractivity contribution is 7.11. The standard InChI is InChI=1S/C20H21FN6OS/c1-11-7-14(21)3-4-15(11)17-6-5-16(22)19(23-17)24-20(28)27-9-13(10-27)8-18-26-25-12(2)29-18/h3-7,13H,8-10,22H2,1-2H3,(H,23,24,28). The summed E-state index contributed by atoms with van der Waals surface area (Å²) in [5.74, 6) is 0.386. The zero-order valence-corrected chi connectivity index (χ0v) is 17.0. The number of nitrogen functional groups attached to an aromatic ring is 1. The van der Waals surface area contributed by atoms with E-state index < -0.39 is 0 Å². The molecule has 3 N–H and O–H groups in total. The maximum absolute atomic E-state index is 13.4. The summed E-state index contributed by atoms with van der Waals surface area (Å²) in [6, 6.07) is 7.72. The van der Waals surface area contributed by atoms with Gasteiger partial charge in [-0.05, 0) is 49.7 Å². The van der Waals surface area contributed by atoms with Gasteiger partial charge in [0.1, 0.15) is 15.8 Å². The first kappa shape index (κ1) is 19.3. The van der Waals surface area contributed by atoms with Crippen LogP contribution in [0.5, 0.6) is 0 Å². The summed E-state index contributed by atoms with van der Waals surface area (Å²) in [4.78, 5) is 18.8. The first-order valence-corrected chi connectivity index (χ1v) is 10.1. The summed E-state index contributed by atoms with van der Waals surface area (Å²) >= 11 is 1.59. The number of carbonyl (C=O) groups excluding carboxylic acids is 1. The predicted octanol–water partition coefficient (Wildman–Crippen LogP) is 3.64. The van der Waals surface area contributed by atoms with E-state index in [1.165, 1.54) is 12.1 Å². The number of benzene rings is 1. The minimum atomic E-state index is -0.300. The van der Waals surface area contributed by atoms with Crippen molar-refractivity contribution in [3.05, 3.63) is 51.7 Å². The van der Waals surface area contributed by atoms with Crippen LogP contribution in [0.3, 0.4) is 0 Å². The molecule has 1 aromatic carbocycles. The van der Waals surface area contributed by atoms with Crippen molar-refractivity contribution in [2.24, 2.45) is 5.92 Å². The van der Waals surface area contributed by atoms with E-state index in [1.54, 1.807) is 34.4 Å². The van der Waals surface area contributed by atoms with Gasteiger partial charge in [0, 0.05) is 31.0 Å². The molecule has 1 aliphatic rings. The zero-order chi connectivity index (χ0) is 20.5. The van der Waals surface area contributed by atoms with Crippen molar-refractivity contribution in [3.8, 4) is 11.3 Å². The fourth-order valence-corrected chi connectivity index (χ4v) is 4.17. The van der Waals surface area contributed by atoms with Crippen molar-refractivity contribution in [2.45, 2.75) is 20.3 Å². The molecule has 1 saturated heterocycles. The number of anilines is 2. The second-order valence-corrected chi connectivity index (χ2v) is 8.48. The highest BCUT2D eigenvalue weighted by Gasteiger charge is 2.32. The molecule has 0 bridgehead atoms. The van der Waals surface area contributed by atoms with Crippen LogP contribution in [0.1, 0.15) is 15.6 Å². The van der Waals surface area contributed by atoms with E-state index in [0.717, 1.165) is 27.6 Å². The second kappa shape index (κ2) is 7.75. The number of hydrogen-bond acceptors (Lipinski definition) is 6. The third-order valence-corrected chi connectivity index (χ3v) is 5.75. The van der Waals surface area contributed by atoms with E-state index in [9.17, 15) is 9.18 Å². The Morgan fingerprint density at radius 3 is 2.76 bits per heavy atom. The van der Waals surface area contributed by atoms with Crippen molar-refractivity contribution in [1.82, 2.24) is 20.1 Å². The monoisotopic (exact) mass is 412 g/mol. The number of aromatic nitrogens is 3. The smallest absolute Gasteiger partial charge is 0.323 e. The Morgan fingerprint density at radius 2 is 2.07 bits per heavy atom. The van der Waals surface area contributed by atoms with E-state index in [2.05, 4.69) is 20.5 Å². The molecular formula is C20H21FN6OS. The van der Waals surface area contributed by atoms with Crippen molar-refractivity contribution >= 4 is 28.9 Å². The molecule has 0 aliphatic carbocycles. The normalized spacial score (nSPS) is 14.0. The topological polar surface area (TPSA) is 97.0 Å². The van der Waals surface area contributed by atoms with Crippen molar-refractivity contribution < 1.29 is 9.18 Å². The van der Waals surface area contributed by atoms with Gasteiger partial charge in [-0.1, -0.05) is 0 Å². The van der Waals surface area contributed by atoms with Crippen LogP contribution < -0.4 is 11.1 Å². The minimum Gasteiger partial charge on any atom is -0.396 e. The number of urea groups is 1. The number of pyridine rings is 1. The number of likely N-dealkylation sites (tertiary alicyclic amines) is 1. The van der Waals surface area contributed by atoms with Gasteiger partial charge in [0.15, 0.2) is 5.82 Å². The number of nitrogens with one attached hydrogen (secondary N) is 1. The Kier molecular flexibility index (Phi) is 5.14. The molecule has 29 heavy (non-hydrogen) atoms. The Morgan fingerprint density at radius 1 is 1.28 bits per heavy atom. The van der Waals surface area contributed by atoms with Crippen LogP contribution in [0.4, 0.5) is 20.7 Å². The third kappa shape index (κ3) is 4.19. The highest BCUT2D eigenvalue weighted by Crippen LogP contribution is 2.28. The van der Waals surface area contributed by atoms with Gasteiger partial charge >= 0.3 is 6.03 Å². The van der Waals surface area contributed by atoms with Gasteiger partial charge in [-0.2, -0.15) is 0 Å². The van der Waals surface area contributed by atoms with Crippen LogP contribution in [0.15, 0.2) is 30.3 Å². The average Bonchev–Trinajstić information content (AvgIpc) is 3.05. The lowest BCUT2D eigenvalue weighted by Gasteiger charge is -2.38. The highest BCUT2D eigenvalue weighted by atomic mass is 32.1. The average molecular weight is 412 g/mol. The van der Waals surface area contributed by atoms with Crippen LogP contribution in [-0.4, -0.2) is 39.2 Å². The van der Waals surface area contributed by atoms with Crippen LogP contribution >= 0.6 is 11.3 Å². The number of rotatable bonds is 4. The Labute approximate surface area is 171 Å². The maximum Gasteiger partial charge on any atom is 0.323 e. The first-order chi connectivity index (χ1) is 13.9. The summed E-state index contributed by atoms with van der Waals surface area (Å²) in [7, 11) is 0. The van der Waals surface area contributed by atoms with E-state index in [1.807, 2.05) is 13.8 Å². The van der Waals surface area contributed by atoms with Crippen molar-refractivity contribution in [1.29, 1.82) is 0 Å². The quantitative estimate of drug-likeness (QED) is 0.682. The minimum absolute atomic E-state index is 0.234.